The van der Waals surface area contributed by atoms with Gasteiger partial charge in [0.1, 0.15) is 0 Å². The number of nitrogens with zero attached hydrogens (tertiary/aromatic N) is 1. The Morgan fingerprint density at radius 1 is 1.06 bits per heavy atom. The molecule has 3 fully saturated rings. The van der Waals surface area contributed by atoms with E-state index in [1.54, 1.807) is 0 Å². The highest BCUT2D eigenvalue weighted by Gasteiger charge is 2.76. The molecule has 2 heteroatoms. The zero-order valence-electron chi connectivity index (χ0n) is 9.97. The highest BCUT2D eigenvalue weighted by atomic mass is 16.3. The molecule has 8 atom stereocenters. The minimum absolute atomic E-state index is 0.551. The maximum atomic E-state index is 11.0. The summed E-state index contributed by atoms with van der Waals surface area (Å²) < 4.78 is 0. The Bertz CT molecular complexity index is 382. The molecule has 6 aliphatic carbocycles. The Kier molecular flexibility index (Phi) is 1.62. The van der Waals surface area contributed by atoms with E-state index in [9.17, 15) is 4.91 Å². The fourth-order valence-electron chi connectivity index (χ4n) is 5.91. The average molecular weight is 217 g/mol. The van der Waals surface area contributed by atoms with Gasteiger partial charge >= 0.3 is 0 Å². The van der Waals surface area contributed by atoms with Gasteiger partial charge in [-0.25, -0.2) is 0 Å². The Hall–Kier alpha value is -0.660. The summed E-state index contributed by atoms with van der Waals surface area (Å²) in [5, 5.41) is 3.36. The Morgan fingerprint density at radius 3 is 2.38 bits per heavy atom. The number of rotatable bonds is 3. The minimum Gasteiger partial charge on any atom is -0.145 e. The summed E-state index contributed by atoms with van der Waals surface area (Å²) in [6, 6.07) is 0. The molecule has 16 heavy (non-hydrogen) atoms. The molecule has 0 aromatic heterocycles. The van der Waals surface area contributed by atoms with E-state index in [1.165, 1.54) is 12.8 Å². The first-order chi connectivity index (χ1) is 7.83. The molecule has 0 radical (unpaired) electrons. The van der Waals surface area contributed by atoms with Crippen molar-refractivity contribution in [3.05, 3.63) is 16.7 Å². The smallest absolute Gasteiger partial charge is 0.0848 e. The van der Waals surface area contributed by atoms with Gasteiger partial charge < -0.3 is 0 Å². The van der Waals surface area contributed by atoms with Gasteiger partial charge in [0.2, 0.25) is 0 Å². The van der Waals surface area contributed by atoms with Crippen LogP contribution in [-0.2, 0) is 0 Å². The Morgan fingerprint density at radius 2 is 1.75 bits per heavy atom. The van der Waals surface area contributed by atoms with E-state index >= 15 is 0 Å². The third-order valence-corrected chi connectivity index (χ3v) is 6.33. The second-order valence-electron chi connectivity index (χ2n) is 6.24. The second-order valence-corrected chi connectivity index (χ2v) is 6.24. The van der Waals surface area contributed by atoms with Crippen molar-refractivity contribution in [1.82, 2.24) is 0 Å². The van der Waals surface area contributed by atoms with Gasteiger partial charge in [0.15, 0.2) is 0 Å². The maximum Gasteiger partial charge on any atom is 0.0848 e. The van der Waals surface area contributed by atoms with Crippen molar-refractivity contribution in [2.75, 3.05) is 0 Å². The van der Waals surface area contributed by atoms with Crippen molar-refractivity contribution in [1.29, 1.82) is 0 Å². The summed E-state index contributed by atoms with van der Waals surface area (Å²) in [4.78, 5) is 11.0. The van der Waals surface area contributed by atoms with Crippen LogP contribution in [0.25, 0.3) is 0 Å². The predicted molar refractivity (Wildman–Crippen MR) is 62.4 cm³/mol. The number of hydrogen-bond donors (Lipinski definition) is 0. The van der Waals surface area contributed by atoms with E-state index in [-0.39, 0.29) is 0 Å². The second kappa shape index (κ2) is 2.77. The van der Waals surface area contributed by atoms with Crippen LogP contribution in [0.2, 0.25) is 0 Å². The summed E-state index contributed by atoms with van der Waals surface area (Å²) in [7, 11) is 0. The Labute approximate surface area is 96.5 Å². The zero-order valence-corrected chi connectivity index (χ0v) is 9.97. The maximum absolute atomic E-state index is 11.0. The Balaban J connectivity index is 1.75. The summed E-state index contributed by atoms with van der Waals surface area (Å²) in [5.74, 6) is 6.65. The lowest BCUT2D eigenvalue weighted by Crippen LogP contribution is -2.72. The molecule has 0 aromatic rings. The van der Waals surface area contributed by atoms with E-state index in [1.807, 2.05) is 0 Å². The molecule has 0 aromatic carbocycles. The van der Waals surface area contributed by atoms with Crippen LogP contribution in [0.4, 0.5) is 0 Å². The first-order valence-electron chi connectivity index (χ1n) is 6.88. The zero-order chi connectivity index (χ0) is 11.0. The summed E-state index contributed by atoms with van der Waals surface area (Å²) >= 11 is 0. The average Bonchev–Trinajstić information content (AvgIpc) is 2.59. The van der Waals surface area contributed by atoms with Gasteiger partial charge in [0.05, 0.1) is 5.70 Å². The van der Waals surface area contributed by atoms with Crippen LogP contribution in [0.5, 0.6) is 0 Å². The largest absolute Gasteiger partial charge is 0.145 e. The molecule has 0 heterocycles. The molecule has 0 aliphatic heterocycles. The van der Waals surface area contributed by atoms with Crippen LogP contribution in [0.15, 0.2) is 16.9 Å². The molecule has 3 saturated carbocycles. The predicted octanol–water partition coefficient (Wildman–Crippen LogP) is 3.44. The molecule has 8 unspecified atom stereocenters. The van der Waals surface area contributed by atoms with Gasteiger partial charge in [-0.05, 0) is 46.6 Å². The van der Waals surface area contributed by atoms with Crippen molar-refractivity contribution < 1.29 is 0 Å². The molecule has 2 nitrogen and oxygen atoms in total. The quantitative estimate of drug-likeness (QED) is 0.666. The van der Waals surface area contributed by atoms with Crippen LogP contribution in [-0.4, -0.2) is 0 Å². The van der Waals surface area contributed by atoms with Gasteiger partial charge in [0.25, 0.3) is 0 Å². The lowest BCUT2D eigenvalue weighted by molar-refractivity contribution is -0.283. The highest BCUT2D eigenvalue weighted by Crippen LogP contribution is 2.80. The SMILES string of the molecule is CCC1C2C=C(N=O)C3C(CC)C4C2C1C34. The van der Waals surface area contributed by atoms with E-state index < -0.39 is 0 Å². The van der Waals surface area contributed by atoms with Gasteiger partial charge in [-0.1, -0.05) is 32.8 Å². The topological polar surface area (TPSA) is 29.4 Å². The van der Waals surface area contributed by atoms with Crippen molar-refractivity contribution in [3.8, 4) is 0 Å². The monoisotopic (exact) mass is 217 g/mol. The minimum atomic E-state index is 0.551. The fourth-order valence-corrected chi connectivity index (χ4v) is 5.91. The lowest BCUT2D eigenvalue weighted by Gasteiger charge is -2.76. The molecular formula is C14H19NO. The summed E-state index contributed by atoms with van der Waals surface area (Å²) in [6.07, 6.45) is 4.80. The highest BCUT2D eigenvalue weighted by molar-refractivity contribution is 5.34. The van der Waals surface area contributed by atoms with E-state index in [0.29, 0.717) is 11.8 Å². The third kappa shape index (κ3) is 0.714. The molecule has 86 valence electrons. The van der Waals surface area contributed by atoms with E-state index in [4.69, 9.17) is 0 Å². The molecule has 0 amide bonds. The van der Waals surface area contributed by atoms with Crippen LogP contribution in [0.1, 0.15) is 26.7 Å². The van der Waals surface area contributed by atoms with Crippen molar-refractivity contribution >= 4 is 0 Å². The fraction of sp³-hybridized carbons (Fsp3) is 0.857. The molecule has 6 bridgehead atoms. The van der Waals surface area contributed by atoms with Gasteiger partial charge in [-0.3, -0.25) is 0 Å². The van der Waals surface area contributed by atoms with E-state index in [2.05, 4.69) is 25.1 Å². The van der Waals surface area contributed by atoms with Crippen LogP contribution in [0.3, 0.4) is 0 Å². The van der Waals surface area contributed by atoms with Crippen molar-refractivity contribution in [3.63, 3.8) is 0 Å². The van der Waals surface area contributed by atoms with Crippen LogP contribution >= 0.6 is 0 Å². The summed E-state index contributed by atoms with van der Waals surface area (Å²) in [5.41, 5.74) is 0.930. The molecule has 6 rings (SSSR count). The molecule has 0 saturated heterocycles. The normalized spacial score (nSPS) is 59.8. The van der Waals surface area contributed by atoms with Gasteiger partial charge in [-0.2, -0.15) is 0 Å². The molecular weight excluding hydrogens is 198 g/mol. The standard InChI is InChI=1S/C14H19NO/c1-3-6-8-5-9(15-16)10-7(4-2)12-13(8)11(6)14(10)12/h5-8,10-14H,3-4H2,1-2H3. The lowest BCUT2D eigenvalue weighted by atomic mass is 9.28. The van der Waals surface area contributed by atoms with Gasteiger partial charge in [0, 0.05) is 5.92 Å². The van der Waals surface area contributed by atoms with Crippen LogP contribution in [0, 0.1) is 52.3 Å². The van der Waals surface area contributed by atoms with Gasteiger partial charge in [-0.15, -0.1) is 4.91 Å². The molecule has 0 N–H and O–H groups in total. The number of nitroso groups, excluding NO2 is 1. The number of allylic oxidation sites excluding steroid dienone is 2. The molecule has 6 aliphatic rings. The van der Waals surface area contributed by atoms with Crippen LogP contribution < -0.4 is 0 Å². The number of hydrogen-bond acceptors (Lipinski definition) is 2. The first kappa shape index (κ1) is 9.38. The van der Waals surface area contributed by atoms with Crippen molar-refractivity contribution in [2.24, 2.45) is 52.5 Å². The van der Waals surface area contributed by atoms with Crippen molar-refractivity contribution in [2.45, 2.75) is 26.7 Å². The first-order valence-corrected chi connectivity index (χ1v) is 6.88. The summed E-state index contributed by atoms with van der Waals surface area (Å²) in [6.45, 7) is 4.58. The third-order valence-electron chi connectivity index (χ3n) is 6.33. The molecule has 0 spiro atoms. The van der Waals surface area contributed by atoms with E-state index in [0.717, 1.165) is 41.2 Å².